The molecule has 0 unspecified atom stereocenters. The van der Waals surface area contributed by atoms with Crippen molar-refractivity contribution in [1.29, 1.82) is 5.41 Å². The van der Waals surface area contributed by atoms with Gasteiger partial charge in [0.2, 0.25) is 5.91 Å². The number of aromatic nitrogens is 2. The third-order valence-electron chi connectivity index (χ3n) is 2.80. The molecule has 1 aromatic rings. The van der Waals surface area contributed by atoms with Gasteiger partial charge in [-0.15, -0.1) is 0 Å². The first-order chi connectivity index (χ1) is 10.9. The maximum atomic E-state index is 11.4. The van der Waals surface area contributed by atoms with Gasteiger partial charge in [-0.2, -0.15) is 0 Å². The summed E-state index contributed by atoms with van der Waals surface area (Å²) in [5.74, 6) is -0.996. The van der Waals surface area contributed by atoms with Gasteiger partial charge in [0.05, 0.1) is 11.9 Å². The molecule has 10 heteroatoms. The van der Waals surface area contributed by atoms with Crippen molar-refractivity contribution < 1.29 is 9.59 Å². The highest BCUT2D eigenvalue weighted by Crippen LogP contribution is 2.15. The minimum absolute atomic E-state index is 0.0619. The van der Waals surface area contributed by atoms with E-state index in [1.807, 2.05) is 0 Å². The fraction of sp³-hybridized carbons (Fsp3) is 0.308. The molecule has 1 aromatic heterocycles. The molecule has 10 nitrogen and oxygen atoms in total. The van der Waals surface area contributed by atoms with Crippen LogP contribution in [0.3, 0.4) is 0 Å². The van der Waals surface area contributed by atoms with Crippen molar-refractivity contribution in [3.63, 3.8) is 0 Å². The maximum absolute atomic E-state index is 11.4. The van der Waals surface area contributed by atoms with Crippen LogP contribution in [-0.4, -0.2) is 41.1 Å². The Morgan fingerprint density at radius 3 is 2.61 bits per heavy atom. The van der Waals surface area contributed by atoms with Gasteiger partial charge < -0.3 is 32.8 Å². The van der Waals surface area contributed by atoms with Crippen LogP contribution in [-0.2, 0) is 4.79 Å². The number of carbonyl (C=O) groups is 2. The summed E-state index contributed by atoms with van der Waals surface area (Å²) in [6.45, 7) is 1.79. The van der Waals surface area contributed by atoms with E-state index in [2.05, 4.69) is 25.9 Å². The number of primary amides is 2. The van der Waals surface area contributed by atoms with Crippen LogP contribution in [0.4, 0.5) is 11.6 Å². The molecule has 0 bridgehead atoms. The first-order valence-electron chi connectivity index (χ1n) is 6.80. The van der Waals surface area contributed by atoms with Crippen molar-refractivity contribution in [3.05, 3.63) is 23.8 Å². The summed E-state index contributed by atoms with van der Waals surface area (Å²) in [5, 5.41) is 15.6. The Kier molecular flexibility index (Phi) is 6.46. The number of anilines is 2. The summed E-state index contributed by atoms with van der Waals surface area (Å²) in [7, 11) is 1.66. The summed E-state index contributed by atoms with van der Waals surface area (Å²) in [4.78, 5) is 30.8. The predicted octanol–water partition coefficient (Wildman–Crippen LogP) is -0.626. The fourth-order valence-electron chi connectivity index (χ4n) is 1.69. The zero-order chi connectivity index (χ0) is 17.4. The van der Waals surface area contributed by atoms with E-state index >= 15 is 0 Å². The van der Waals surface area contributed by atoms with Crippen molar-refractivity contribution in [2.75, 3.05) is 17.7 Å². The first kappa shape index (κ1) is 17.9. The zero-order valence-electron chi connectivity index (χ0n) is 12.9. The van der Waals surface area contributed by atoms with Crippen LogP contribution < -0.4 is 27.4 Å². The molecule has 0 fully saturated rings. The topological polar surface area (TPSA) is 172 Å². The second-order valence-electron chi connectivity index (χ2n) is 4.48. The highest BCUT2D eigenvalue weighted by molar-refractivity contribution is 5.97. The minimum Gasteiger partial charge on any atom is -0.392 e. The lowest BCUT2D eigenvalue weighted by Gasteiger charge is -2.15. The van der Waals surface area contributed by atoms with Gasteiger partial charge in [-0.25, -0.2) is 9.97 Å². The van der Waals surface area contributed by atoms with Crippen molar-refractivity contribution in [1.82, 2.24) is 15.3 Å². The number of rotatable bonds is 9. The molecule has 1 heterocycles. The molecule has 0 spiro atoms. The summed E-state index contributed by atoms with van der Waals surface area (Å²) < 4.78 is 0. The second kappa shape index (κ2) is 8.32. The molecule has 0 aliphatic rings. The van der Waals surface area contributed by atoms with Crippen molar-refractivity contribution in [2.24, 2.45) is 11.5 Å². The van der Waals surface area contributed by atoms with Gasteiger partial charge in [-0.1, -0.05) is 6.92 Å². The molecule has 0 aromatic carbocycles. The molecule has 0 saturated heterocycles. The van der Waals surface area contributed by atoms with Crippen LogP contribution in [0.1, 0.15) is 23.8 Å². The molecule has 0 saturated carbocycles. The highest BCUT2D eigenvalue weighted by Gasteiger charge is 2.17. The number of nitrogens with two attached hydrogens (primary N) is 2. The Morgan fingerprint density at radius 1 is 1.43 bits per heavy atom. The van der Waals surface area contributed by atoms with Gasteiger partial charge >= 0.3 is 0 Å². The van der Waals surface area contributed by atoms with Crippen LogP contribution in [0.5, 0.6) is 0 Å². The summed E-state index contributed by atoms with van der Waals surface area (Å²) in [6.07, 6.45) is 4.27. The van der Waals surface area contributed by atoms with E-state index in [1.165, 1.54) is 12.4 Å². The van der Waals surface area contributed by atoms with Crippen LogP contribution in [0, 0.1) is 5.41 Å². The molecule has 1 atom stereocenters. The van der Waals surface area contributed by atoms with Crippen LogP contribution in [0.2, 0.25) is 0 Å². The van der Waals surface area contributed by atoms with Gasteiger partial charge in [0.25, 0.3) is 5.91 Å². The van der Waals surface area contributed by atoms with E-state index in [0.29, 0.717) is 12.1 Å². The second-order valence-corrected chi connectivity index (χ2v) is 4.48. The molecule has 0 aliphatic heterocycles. The Labute approximate surface area is 133 Å². The normalized spacial score (nSPS) is 12.2. The molecule has 8 N–H and O–H groups in total. The molecule has 124 valence electrons. The van der Waals surface area contributed by atoms with E-state index in [1.54, 1.807) is 14.0 Å². The molecular weight excluding hydrogens is 300 g/mol. The van der Waals surface area contributed by atoms with Gasteiger partial charge in [0.15, 0.2) is 11.5 Å². The van der Waals surface area contributed by atoms with Crippen LogP contribution >= 0.6 is 0 Å². The number of nitrogens with zero attached hydrogens (tertiary/aromatic N) is 2. The number of nitrogens with one attached hydrogen (secondary N) is 4. The van der Waals surface area contributed by atoms with Gasteiger partial charge in [0, 0.05) is 19.5 Å². The zero-order valence-corrected chi connectivity index (χ0v) is 12.9. The van der Waals surface area contributed by atoms with Crippen molar-refractivity contribution in [2.45, 2.75) is 19.4 Å². The Morgan fingerprint density at radius 2 is 2.13 bits per heavy atom. The largest absolute Gasteiger partial charge is 0.392 e. The standard InChI is InChI=1S/C13H20N8O2/c1-3-8(11(15)22)20-9-6-18-10(12(16)23)13(21-9)19-7(4-14)5-17-2/h4-6,8,14,17H,3H2,1-2H3,(H2,15,22)(H2,16,23)(H2,19,20,21)/b7-5+,14-4?/t8-/m1/s1. The Hall–Kier alpha value is -3.17. The fourth-order valence-corrected chi connectivity index (χ4v) is 1.69. The van der Waals surface area contributed by atoms with Gasteiger partial charge in [0.1, 0.15) is 11.9 Å². The van der Waals surface area contributed by atoms with Crippen molar-refractivity contribution >= 4 is 29.7 Å². The van der Waals surface area contributed by atoms with E-state index in [-0.39, 0.29) is 17.3 Å². The number of allylic oxidation sites excluding steroid dienone is 1. The lowest BCUT2D eigenvalue weighted by Crippen LogP contribution is -2.35. The molecule has 23 heavy (non-hydrogen) atoms. The predicted molar refractivity (Wildman–Crippen MR) is 87.0 cm³/mol. The number of hydrogen-bond acceptors (Lipinski definition) is 8. The average molecular weight is 320 g/mol. The van der Waals surface area contributed by atoms with Gasteiger partial charge in [-0.3, -0.25) is 9.59 Å². The van der Waals surface area contributed by atoms with E-state index in [9.17, 15) is 9.59 Å². The van der Waals surface area contributed by atoms with E-state index < -0.39 is 17.9 Å². The minimum atomic E-state index is -0.776. The number of hydrogen-bond donors (Lipinski definition) is 6. The number of carbonyl (C=O) groups excluding carboxylic acids is 2. The third kappa shape index (κ3) is 4.95. The van der Waals surface area contributed by atoms with E-state index in [4.69, 9.17) is 16.9 Å². The smallest absolute Gasteiger partial charge is 0.271 e. The summed E-state index contributed by atoms with van der Waals surface area (Å²) >= 11 is 0. The molecular formula is C13H20N8O2. The summed E-state index contributed by atoms with van der Waals surface area (Å²) in [5.41, 5.74) is 10.8. The number of amides is 2. The lowest BCUT2D eigenvalue weighted by molar-refractivity contribution is -0.118. The first-order valence-corrected chi connectivity index (χ1v) is 6.80. The molecule has 1 rings (SSSR count). The molecule has 0 radical (unpaired) electrons. The Bertz CT molecular complexity index is 628. The highest BCUT2D eigenvalue weighted by atomic mass is 16.1. The van der Waals surface area contributed by atoms with Crippen LogP contribution in [0.25, 0.3) is 0 Å². The van der Waals surface area contributed by atoms with Crippen LogP contribution in [0.15, 0.2) is 18.1 Å². The maximum Gasteiger partial charge on any atom is 0.271 e. The monoisotopic (exact) mass is 320 g/mol. The third-order valence-corrected chi connectivity index (χ3v) is 2.80. The average Bonchev–Trinajstić information content (AvgIpc) is 2.51. The molecule has 0 aliphatic carbocycles. The quantitative estimate of drug-likeness (QED) is 0.329. The van der Waals surface area contributed by atoms with E-state index in [0.717, 1.165) is 6.21 Å². The SMILES string of the molecule is CC[C@@H](Nc1cnc(C(N)=O)c(N/C(C=N)=C/NC)n1)C(N)=O. The lowest BCUT2D eigenvalue weighted by atomic mass is 10.2. The summed E-state index contributed by atoms with van der Waals surface area (Å²) in [6, 6.07) is -0.619. The molecule has 2 amide bonds. The Balaban J connectivity index is 3.17. The van der Waals surface area contributed by atoms with Gasteiger partial charge in [-0.05, 0) is 6.42 Å². The van der Waals surface area contributed by atoms with Crippen molar-refractivity contribution in [3.8, 4) is 0 Å².